The first-order valence-corrected chi connectivity index (χ1v) is 6.53. The summed E-state index contributed by atoms with van der Waals surface area (Å²) >= 11 is 0. The summed E-state index contributed by atoms with van der Waals surface area (Å²) in [5.41, 5.74) is 1.28. The second-order valence-electron chi connectivity index (χ2n) is 6.00. The molecule has 1 amide bonds. The Kier molecular flexibility index (Phi) is 3.71. The van der Waals surface area contributed by atoms with E-state index in [4.69, 9.17) is 0 Å². The first-order valence-electron chi connectivity index (χ1n) is 6.53. The van der Waals surface area contributed by atoms with Crippen molar-refractivity contribution in [1.82, 2.24) is 10.2 Å². The zero-order valence-corrected chi connectivity index (χ0v) is 11.4. The lowest BCUT2D eigenvalue weighted by atomic mass is 9.97. The molecule has 1 saturated heterocycles. The van der Waals surface area contributed by atoms with Crippen molar-refractivity contribution in [1.29, 1.82) is 0 Å². The van der Waals surface area contributed by atoms with Gasteiger partial charge in [-0.15, -0.1) is 0 Å². The third-order valence-electron chi connectivity index (χ3n) is 3.40. The fraction of sp³-hybridized carbons (Fsp3) is 0.533. The van der Waals surface area contributed by atoms with Gasteiger partial charge in [-0.1, -0.05) is 30.3 Å². The van der Waals surface area contributed by atoms with Gasteiger partial charge in [0.2, 0.25) is 5.91 Å². The molecule has 0 aromatic heterocycles. The molecule has 1 N–H and O–H groups in total. The molecule has 2 rings (SSSR count). The van der Waals surface area contributed by atoms with Gasteiger partial charge in [0.05, 0.1) is 12.5 Å². The van der Waals surface area contributed by atoms with Crippen molar-refractivity contribution in [2.24, 2.45) is 0 Å². The van der Waals surface area contributed by atoms with Crippen molar-refractivity contribution in [3.05, 3.63) is 35.9 Å². The quantitative estimate of drug-likeness (QED) is 0.882. The van der Waals surface area contributed by atoms with Crippen molar-refractivity contribution in [2.45, 2.75) is 38.8 Å². The van der Waals surface area contributed by atoms with Crippen molar-refractivity contribution >= 4 is 5.91 Å². The monoisotopic (exact) mass is 246 g/mol. The summed E-state index contributed by atoms with van der Waals surface area (Å²) in [6.07, 6.45) is 0.479. The molecule has 1 aromatic rings. The average molecular weight is 246 g/mol. The fourth-order valence-corrected chi connectivity index (χ4v) is 2.18. The number of likely N-dealkylation sites (tertiary alicyclic amines) is 1. The molecule has 1 aliphatic rings. The van der Waals surface area contributed by atoms with Crippen LogP contribution in [0.1, 0.15) is 26.3 Å². The molecule has 0 saturated carbocycles. The van der Waals surface area contributed by atoms with E-state index in [0.717, 1.165) is 18.7 Å². The normalized spacial score (nSPS) is 17.3. The van der Waals surface area contributed by atoms with E-state index in [1.165, 1.54) is 0 Å². The molecular formula is C15H22N2O. The summed E-state index contributed by atoms with van der Waals surface area (Å²) in [6, 6.07) is 10.2. The van der Waals surface area contributed by atoms with Crippen LogP contribution < -0.4 is 5.32 Å². The standard InChI is InChI=1S/C15H22N2O/c1-15(2,3)17-10-13(11-17)16-14(18)9-12-7-5-4-6-8-12/h4-8,13H,9-11H2,1-3H3,(H,16,18). The van der Waals surface area contributed by atoms with Crippen LogP contribution >= 0.6 is 0 Å². The fourth-order valence-electron chi connectivity index (χ4n) is 2.18. The van der Waals surface area contributed by atoms with Gasteiger partial charge in [-0.3, -0.25) is 9.69 Å². The van der Waals surface area contributed by atoms with Crippen molar-refractivity contribution in [2.75, 3.05) is 13.1 Å². The van der Waals surface area contributed by atoms with Crippen molar-refractivity contribution in [3.63, 3.8) is 0 Å². The molecule has 1 aromatic carbocycles. The Morgan fingerprint density at radius 2 is 1.89 bits per heavy atom. The zero-order chi connectivity index (χ0) is 13.2. The van der Waals surface area contributed by atoms with Crippen LogP contribution in [0.2, 0.25) is 0 Å². The topological polar surface area (TPSA) is 32.3 Å². The molecule has 3 heteroatoms. The molecule has 0 unspecified atom stereocenters. The Balaban J connectivity index is 1.74. The van der Waals surface area contributed by atoms with Crippen LogP contribution in [0.25, 0.3) is 0 Å². The van der Waals surface area contributed by atoms with Gasteiger partial charge in [0.1, 0.15) is 0 Å². The van der Waals surface area contributed by atoms with Gasteiger partial charge in [-0.2, -0.15) is 0 Å². The minimum Gasteiger partial charge on any atom is -0.350 e. The highest BCUT2D eigenvalue weighted by molar-refractivity contribution is 5.79. The summed E-state index contributed by atoms with van der Waals surface area (Å²) in [5.74, 6) is 0.125. The van der Waals surface area contributed by atoms with Gasteiger partial charge in [-0.05, 0) is 26.3 Å². The minimum atomic E-state index is 0.125. The van der Waals surface area contributed by atoms with E-state index in [1.807, 2.05) is 30.3 Å². The van der Waals surface area contributed by atoms with Crippen LogP contribution in [0.15, 0.2) is 30.3 Å². The predicted molar refractivity (Wildman–Crippen MR) is 73.4 cm³/mol. The number of benzene rings is 1. The van der Waals surface area contributed by atoms with E-state index in [-0.39, 0.29) is 11.4 Å². The van der Waals surface area contributed by atoms with Crippen LogP contribution in [0, 0.1) is 0 Å². The SMILES string of the molecule is CC(C)(C)N1CC(NC(=O)Cc2ccccc2)C1. The molecule has 3 nitrogen and oxygen atoms in total. The number of carbonyl (C=O) groups is 1. The minimum absolute atomic E-state index is 0.125. The molecule has 0 aliphatic carbocycles. The number of nitrogens with one attached hydrogen (secondary N) is 1. The first-order chi connectivity index (χ1) is 8.45. The number of nitrogens with zero attached hydrogens (tertiary/aromatic N) is 1. The van der Waals surface area contributed by atoms with Crippen molar-refractivity contribution in [3.8, 4) is 0 Å². The Hall–Kier alpha value is -1.35. The maximum Gasteiger partial charge on any atom is 0.224 e. The lowest BCUT2D eigenvalue weighted by Crippen LogP contribution is -2.64. The molecule has 1 fully saturated rings. The summed E-state index contributed by atoms with van der Waals surface area (Å²) < 4.78 is 0. The predicted octanol–water partition coefficient (Wildman–Crippen LogP) is 1.83. The number of rotatable bonds is 3. The summed E-state index contributed by atoms with van der Waals surface area (Å²) in [6.45, 7) is 8.53. The average Bonchev–Trinajstić information content (AvgIpc) is 2.22. The van der Waals surface area contributed by atoms with Gasteiger partial charge in [0, 0.05) is 18.6 Å². The summed E-state index contributed by atoms with van der Waals surface area (Å²) in [7, 11) is 0. The second kappa shape index (κ2) is 5.11. The van der Waals surface area contributed by atoms with Crippen molar-refractivity contribution < 1.29 is 4.79 Å². The van der Waals surface area contributed by atoms with Gasteiger partial charge in [0.25, 0.3) is 0 Å². The van der Waals surface area contributed by atoms with E-state index in [2.05, 4.69) is 31.0 Å². The van der Waals surface area contributed by atoms with Crippen LogP contribution in [0.4, 0.5) is 0 Å². The zero-order valence-electron chi connectivity index (χ0n) is 11.4. The van der Waals surface area contributed by atoms with E-state index < -0.39 is 0 Å². The Bertz CT molecular complexity index is 402. The van der Waals surface area contributed by atoms with E-state index in [0.29, 0.717) is 12.5 Å². The molecule has 0 radical (unpaired) electrons. The van der Waals surface area contributed by atoms with E-state index in [9.17, 15) is 4.79 Å². The third kappa shape index (κ3) is 3.33. The van der Waals surface area contributed by atoms with Gasteiger partial charge in [0.15, 0.2) is 0 Å². The Morgan fingerprint density at radius 3 is 2.44 bits per heavy atom. The van der Waals surface area contributed by atoms with Gasteiger partial charge >= 0.3 is 0 Å². The highest BCUT2D eigenvalue weighted by Crippen LogP contribution is 2.20. The smallest absolute Gasteiger partial charge is 0.224 e. The maximum absolute atomic E-state index is 11.8. The highest BCUT2D eigenvalue weighted by atomic mass is 16.1. The highest BCUT2D eigenvalue weighted by Gasteiger charge is 2.34. The molecule has 18 heavy (non-hydrogen) atoms. The molecule has 1 heterocycles. The number of hydrogen-bond acceptors (Lipinski definition) is 2. The second-order valence-corrected chi connectivity index (χ2v) is 6.00. The number of carbonyl (C=O) groups excluding carboxylic acids is 1. The van der Waals surface area contributed by atoms with Crippen LogP contribution in [0.5, 0.6) is 0 Å². The van der Waals surface area contributed by atoms with E-state index >= 15 is 0 Å². The molecule has 0 bridgehead atoms. The summed E-state index contributed by atoms with van der Waals surface area (Å²) in [5, 5.41) is 3.09. The molecule has 0 spiro atoms. The van der Waals surface area contributed by atoms with Gasteiger partial charge in [-0.25, -0.2) is 0 Å². The maximum atomic E-state index is 11.8. The van der Waals surface area contributed by atoms with Crippen LogP contribution in [0.3, 0.4) is 0 Å². The van der Waals surface area contributed by atoms with E-state index in [1.54, 1.807) is 0 Å². The lowest BCUT2D eigenvalue weighted by Gasteiger charge is -2.47. The van der Waals surface area contributed by atoms with Crippen LogP contribution in [-0.4, -0.2) is 35.5 Å². The molecular weight excluding hydrogens is 224 g/mol. The largest absolute Gasteiger partial charge is 0.350 e. The molecule has 98 valence electrons. The number of amides is 1. The lowest BCUT2D eigenvalue weighted by molar-refractivity contribution is -0.123. The van der Waals surface area contributed by atoms with Gasteiger partial charge < -0.3 is 5.32 Å². The molecule has 0 atom stereocenters. The Morgan fingerprint density at radius 1 is 1.28 bits per heavy atom. The third-order valence-corrected chi connectivity index (χ3v) is 3.40. The molecule has 1 aliphatic heterocycles. The number of hydrogen-bond donors (Lipinski definition) is 1. The Labute approximate surface area is 109 Å². The first kappa shape index (κ1) is 13.1. The summed E-state index contributed by atoms with van der Waals surface area (Å²) in [4.78, 5) is 14.2. The van der Waals surface area contributed by atoms with Crippen LogP contribution in [-0.2, 0) is 11.2 Å².